The summed E-state index contributed by atoms with van der Waals surface area (Å²) in [5.74, 6) is 0.438. The fourth-order valence-corrected chi connectivity index (χ4v) is 3.54. The van der Waals surface area contributed by atoms with Gasteiger partial charge in [0, 0.05) is 17.8 Å². The van der Waals surface area contributed by atoms with Crippen molar-refractivity contribution in [1.82, 2.24) is 14.8 Å². The van der Waals surface area contributed by atoms with E-state index in [1.165, 1.54) is 30.0 Å². The van der Waals surface area contributed by atoms with Crippen molar-refractivity contribution < 1.29 is 13.9 Å². The minimum atomic E-state index is -0.479. The summed E-state index contributed by atoms with van der Waals surface area (Å²) in [6.07, 6.45) is -0.479. The third-order valence-corrected chi connectivity index (χ3v) is 5.46. The number of benzene rings is 2. The Hall–Kier alpha value is -2.29. The van der Waals surface area contributed by atoms with Gasteiger partial charge in [-0.1, -0.05) is 35.0 Å². The molecule has 0 aliphatic carbocycles. The Labute approximate surface area is 181 Å². The molecule has 1 amide bonds. The quantitative estimate of drug-likeness (QED) is 0.501. The van der Waals surface area contributed by atoms with Gasteiger partial charge in [0.15, 0.2) is 17.1 Å². The Morgan fingerprint density at radius 1 is 1.24 bits per heavy atom. The molecule has 1 N–H and O–H groups in total. The molecule has 2 aromatic carbocycles. The van der Waals surface area contributed by atoms with E-state index in [4.69, 9.17) is 27.9 Å². The first-order valence-electron chi connectivity index (χ1n) is 8.52. The Bertz CT molecular complexity index is 1010. The second-order valence-corrected chi connectivity index (χ2v) is 7.86. The first kappa shape index (κ1) is 21.4. The van der Waals surface area contributed by atoms with Crippen molar-refractivity contribution in [3.05, 3.63) is 64.2 Å². The minimum absolute atomic E-state index is 0.160. The highest BCUT2D eigenvalue weighted by molar-refractivity contribution is 7.99. The van der Waals surface area contributed by atoms with Crippen molar-refractivity contribution >= 4 is 46.6 Å². The lowest BCUT2D eigenvalue weighted by Gasteiger charge is -2.15. The number of aromatic nitrogens is 3. The summed E-state index contributed by atoms with van der Waals surface area (Å²) in [6.45, 7) is 1.78. The number of nitrogens with one attached hydrogen (secondary N) is 1. The predicted molar refractivity (Wildman–Crippen MR) is 112 cm³/mol. The predicted octanol–water partition coefficient (Wildman–Crippen LogP) is 5.13. The molecule has 152 valence electrons. The van der Waals surface area contributed by atoms with E-state index in [9.17, 15) is 9.18 Å². The molecule has 29 heavy (non-hydrogen) atoms. The molecule has 0 saturated heterocycles. The molecule has 0 fully saturated rings. The fourth-order valence-electron chi connectivity index (χ4n) is 2.48. The van der Waals surface area contributed by atoms with Gasteiger partial charge in [-0.2, -0.15) is 0 Å². The van der Waals surface area contributed by atoms with Crippen LogP contribution in [0.1, 0.15) is 18.9 Å². The van der Waals surface area contributed by atoms with Crippen LogP contribution in [0.4, 0.5) is 10.1 Å². The smallest absolute Gasteiger partial charge is 0.234 e. The number of hydrogen-bond acceptors (Lipinski definition) is 5. The lowest BCUT2D eigenvalue weighted by molar-refractivity contribution is -0.113. The lowest BCUT2D eigenvalue weighted by Crippen LogP contribution is -2.14. The number of carbonyl (C=O) groups excluding carboxylic acids is 1. The van der Waals surface area contributed by atoms with Crippen molar-refractivity contribution in [2.75, 3.05) is 11.1 Å². The van der Waals surface area contributed by atoms with Crippen molar-refractivity contribution in [1.29, 1.82) is 0 Å². The molecule has 0 aliphatic rings. The van der Waals surface area contributed by atoms with E-state index in [1.54, 1.807) is 42.8 Å². The number of nitrogens with zero attached hydrogens (tertiary/aromatic N) is 3. The maximum atomic E-state index is 13.2. The minimum Gasteiger partial charge on any atom is -0.481 e. The maximum Gasteiger partial charge on any atom is 0.234 e. The number of rotatable bonds is 7. The van der Waals surface area contributed by atoms with Gasteiger partial charge in [-0.3, -0.25) is 4.79 Å². The number of carbonyl (C=O) groups is 1. The normalized spacial score (nSPS) is 11.9. The molecule has 3 aromatic rings. The topological polar surface area (TPSA) is 69.0 Å². The summed E-state index contributed by atoms with van der Waals surface area (Å²) < 4.78 is 20.7. The highest BCUT2D eigenvalue weighted by Crippen LogP contribution is 2.30. The molecule has 0 bridgehead atoms. The lowest BCUT2D eigenvalue weighted by atomic mass is 10.3. The van der Waals surface area contributed by atoms with Gasteiger partial charge in [0.25, 0.3) is 0 Å². The van der Waals surface area contributed by atoms with E-state index in [-0.39, 0.29) is 16.7 Å². The third kappa shape index (κ3) is 5.62. The standard InChI is InChI=1S/C19H17Cl2FN4O2S/c1-11(28-16-8-5-13(22)9-15(16)21)18-24-25-19(26(18)2)29-10-17(27)23-14-6-3-12(20)4-7-14/h3-9,11H,10H2,1-2H3,(H,23,27). The van der Waals surface area contributed by atoms with Crippen molar-refractivity contribution in [3.8, 4) is 5.75 Å². The molecule has 1 heterocycles. The van der Waals surface area contributed by atoms with E-state index < -0.39 is 11.9 Å². The Kier molecular flexibility index (Phi) is 7.00. The number of anilines is 1. The largest absolute Gasteiger partial charge is 0.481 e. The molecule has 0 spiro atoms. The van der Waals surface area contributed by atoms with Crippen LogP contribution in [0, 0.1) is 5.82 Å². The summed E-state index contributed by atoms with van der Waals surface area (Å²) in [7, 11) is 1.78. The molecule has 1 atom stereocenters. The molecule has 6 nitrogen and oxygen atoms in total. The van der Waals surface area contributed by atoms with Crippen molar-refractivity contribution in [3.63, 3.8) is 0 Å². The summed E-state index contributed by atoms with van der Waals surface area (Å²) in [5, 5.41) is 12.4. The summed E-state index contributed by atoms with van der Waals surface area (Å²) in [5.41, 5.74) is 0.664. The number of hydrogen-bond donors (Lipinski definition) is 1. The maximum absolute atomic E-state index is 13.2. The molecule has 0 saturated carbocycles. The van der Waals surface area contributed by atoms with Gasteiger partial charge in [-0.05, 0) is 49.4 Å². The average Bonchev–Trinajstić information content (AvgIpc) is 3.05. The summed E-state index contributed by atoms with van der Waals surface area (Å²) in [6, 6.07) is 10.8. The van der Waals surface area contributed by atoms with Crippen LogP contribution < -0.4 is 10.1 Å². The van der Waals surface area contributed by atoms with Gasteiger partial charge >= 0.3 is 0 Å². The van der Waals surface area contributed by atoms with Crippen molar-refractivity contribution in [2.24, 2.45) is 7.05 Å². The van der Waals surface area contributed by atoms with Gasteiger partial charge in [0.05, 0.1) is 10.8 Å². The summed E-state index contributed by atoms with van der Waals surface area (Å²) >= 11 is 13.1. The van der Waals surface area contributed by atoms with Crippen molar-refractivity contribution in [2.45, 2.75) is 18.2 Å². The zero-order valence-corrected chi connectivity index (χ0v) is 17.9. The van der Waals surface area contributed by atoms with E-state index >= 15 is 0 Å². The zero-order valence-electron chi connectivity index (χ0n) is 15.5. The number of amides is 1. The van der Waals surface area contributed by atoms with Gasteiger partial charge < -0.3 is 14.6 Å². The Morgan fingerprint density at radius 3 is 2.66 bits per heavy atom. The zero-order chi connectivity index (χ0) is 21.0. The third-order valence-electron chi connectivity index (χ3n) is 3.89. The van der Waals surface area contributed by atoms with Gasteiger partial charge in [0.1, 0.15) is 11.6 Å². The number of halogens is 3. The molecule has 0 aliphatic heterocycles. The van der Waals surface area contributed by atoms with E-state index in [2.05, 4.69) is 15.5 Å². The Morgan fingerprint density at radius 2 is 1.97 bits per heavy atom. The molecular weight excluding hydrogens is 438 g/mol. The first-order valence-corrected chi connectivity index (χ1v) is 10.3. The molecule has 10 heteroatoms. The molecule has 1 unspecified atom stereocenters. The SMILES string of the molecule is CC(Oc1ccc(F)cc1Cl)c1nnc(SCC(=O)Nc2ccc(Cl)cc2)n1C. The molecule has 3 rings (SSSR count). The van der Waals surface area contributed by atoms with E-state index in [0.29, 0.717) is 27.4 Å². The number of thioether (sulfide) groups is 1. The fraction of sp³-hybridized carbons (Fsp3) is 0.211. The second kappa shape index (κ2) is 9.47. The van der Waals surface area contributed by atoms with Gasteiger partial charge in [-0.15, -0.1) is 10.2 Å². The molecule has 0 radical (unpaired) electrons. The van der Waals surface area contributed by atoms with Crippen LogP contribution >= 0.6 is 35.0 Å². The molecular formula is C19H17Cl2FN4O2S. The van der Waals surface area contributed by atoms with Crippen LogP contribution in [0.5, 0.6) is 5.75 Å². The van der Waals surface area contributed by atoms with Gasteiger partial charge in [-0.25, -0.2) is 4.39 Å². The van der Waals surface area contributed by atoms with Crippen LogP contribution in [0.3, 0.4) is 0 Å². The second-order valence-electron chi connectivity index (χ2n) is 6.08. The Balaban J connectivity index is 1.59. The van der Waals surface area contributed by atoms with Crippen LogP contribution in [0.15, 0.2) is 47.6 Å². The van der Waals surface area contributed by atoms with Crippen LogP contribution in [-0.4, -0.2) is 26.4 Å². The monoisotopic (exact) mass is 454 g/mol. The highest BCUT2D eigenvalue weighted by Gasteiger charge is 2.19. The highest BCUT2D eigenvalue weighted by atomic mass is 35.5. The molecule has 1 aromatic heterocycles. The van der Waals surface area contributed by atoms with Gasteiger partial charge in [0.2, 0.25) is 5.91 Å². The first-order chi connectivity index (χ1) is 13.8. The van der Waals surface area contributed by atoms with Crippen LogP contribution in [0.2, 0.25) is 10.0 Å². The summed E-state index contributed by atoms with van der Waals surface area (Å²) in [4.78, 5) is 12.1. The number of ether oxygens (including phenoxy) is 1. The average molecular weight is 455 g/mol. The van der Waals surface area contributed by atoms with Crippen LogP contribution in [-0.2, 0) is 11.8 Å². The van der Waals surface area contributed by atoms with Crippen LogP contribution in [0.25, 0.3) is 0 Å². The van der Waals surface area contributed by atoms with E-state index in [1.807, 2.05) is 0 Å². The van der Waals surface area contributed by atoms with E-state index in [0.717, 1.165) is 0 Å².